The van der Waals surface area contributed by atoms with Crippen LogP contribution >= 0.6 is 11.3 Å². The summed E-state index contributed by atoms with van der Waals surface area (Å²) >= 11 is 0.713. The molecule has 4 heterocycles. The first-order valence-electron chi connectivity index (χ1n) is 10.7. The molecule has 0 bridgehead atoms. The van der Waals surface area contributed by atoms with Gasteiger partial charge < -0.3 is 10.2 Å². The fraction of sp³-hybridized carbons (Fsp3) is 0.500. The first kappa shape index (κ1) is 23.0. The molecule has 2 atom stereocenters. The highest BCUT2D eigenvalue weighted by Crippen LogP contribution is 2.38. The van der Waals surface area contributed by atoms with Crippen molar-refractivity contribution in [1.29, 1.82) is 5.26 Å². The second-order valence-electron chi connectivity index (χ2n) is 8.82. The highest BCUT2D eigenvalue weighted by atomic mass is 32.2. The zero-order chi connectivity index (χ0) is 24.3. The van der Waals surface area contributed by atoms with E-state index >= 15 is 0 Å². The van der Waals surface area contributed by atoms with E-state index in [9.17, 15) is 22.5 Å². The monoisotopic (exact) mass is 508 g/mol. The van der Waals surface area contributed by atoms with Crippen molar-refractivity contribution in [1.82, 2.24) is 29.6 Å². The number of hydrogen-bond acceptors (Lipinski definition) is 9. The molecule has 3 aromatic rings. The standard InChI is InChI=1S/C20H22F2N8O2S2/c1-11-7-29(8-12(2)25-11)15-6-13(34(31,32)28-20(9-23)3-4-20)5-14-16(24-10-30(14)15)18-26-27-19(33-18)17(21)22/h5-6,10-12,17,25,28H,3-4,7-8H2,1-2H3/t11-,12-/m0/s1. The van der Waals surface area contributed by atoms with Crippen molar-refractivity contribution in [3.05, 3.63) is 23.5 Å². The van der Waals surface area contributed by atoms with E-state index in [1.807, 2.05) is 19.9 Å². The Morgan fingerprint density at radius 2 is 1.97 bits per heavy atom. The molecule has 180 valence electrons. The second kappa shape index (κ2) is 8.19. The van der Waals surface area contributed by atoms with E-state index in [1.54, 1.807) is 10.5 Å². The second-order valence-corrected chi connectivity index (χ2v) is 11.5. The van der Waals surface area contributed by atoms with Gasteiger partial charge in [-0.25, -0.2) is 22.2 Å². The Hall–Kier alpha value is -2.73. The Kier molecular flexibility index (Phi) is 5.55. The zero-order valence-electron chi connectivity index (χ0n) is 18.4. The largest absolute Gasteiger partial charge is 0.355 e. The number of halogens is 2. The molecule has 0 unspecified atom stereocenters. The predicted octanol–water partition coefficient (Wildman–Crippen LogP) is 2.31. The quantitative estimate of drug-likeness (QED) is 0.519. The van der Waals surface area contributed by atoms with Crippen molar-refractivity contribution in [2.75, 3.05) is 18.0 Å². The Morgan fingerprint density at radius 1 is 1.26 bits per heavy atom. The topological polar surface area (TPSA) is 128 Å². The Morgan fingerprint density at radius 3 is 2.56 bits per heavy atom. The molecule has 1 aliphatic heterocycles. The van der Waals surface area contributed by atoms with E-state index in [4.69, 9.17) is 0 Å². The van der Waals surface area contributed by atoms with Crippen LogP contribution in [0, 0.1) is 11.3 Å². The van der Waals surface area contributed by atoms with E-state index < -0.39 is 27.0 Å². The molecule has 10 nitrogen and oxygen atoms in total. The van der Waals surface area contributed by atoms with Crippen molar-refractivity contribution < 1.29 is 17.2 Å². The van der Waals surface area contributed by atoms with Crippen LogP contribution in [0.4, 0.5) is 14.6 Å². The third-order valence-corrected chi connectivity index (χ3v) is 8.37. The van der Waals surface area contributed by atoms with Crippen molar-refractivity contribution in [2.24, 2.45) is 0 Å². The van der Waals surface area contributed by atoms with Gasteiger partial charge in [-0.2, -0.15) is 9.98 Å². The van der Waals surface area contributed by atoms with Crippen molar-refractivity contribution in [3.63, 3.8) is 0 Å². The van der Waals surface area contributed by atoms with Crippen LogP contribution in [0.2, 0.25) is 0 Å². The maximum atomic E-state index is 13.3. The van der Waals surface area contributed by atoms with E-state index in [0.29, 0.717) is 48.6 Å². The van der Waals surface area contributed by atoms with E-state index in [0.717, 1.165) is 0 Å². The number of anilines is 1. The molecule has 0 aromatic carbocycles. The van der Waals surface area contributed by atoms with Crippen LogP contribution in [-0.2, 0) is 10.0 Å². The lowest BCUT2D eigenvalue weighted by molar-refractivity contribution is 0.150. The molecular formula is C20H22F2N8O2S2. The van der Waals surface area contributed by atoms with Gasteiger partial charge in [0.2, 0.25) is 10.0 Å². The lowest BCUT2D eigenvalue weighted by Crippen LogP contribution is -2.54. The van der Waals surface area contributed by atoms with Crippen LogP contribution in [0.1, 0.15) is 38.1 Å². The number of alkyl halides is 2. The lowest BCUT2D eigenvalue weighted by Gasteiger charge is -2.38. The number of rotatable bonds is 6. The van der Waals surface area contributed by atoms with Crippen LogP contribution in [-0.4, -0.2) is 58.7 Å². The zero-order valence-corrected chi connectivity index (χ0v) is 20.0. The maximum Gasteiger partial charge on any atom is 0.291 e. The van der Waals surface area contributed by atoms with E-state index in [1.165, 1.54) is 12.4 Å². The third-order valence-electron chi connectivity index (χ3n) is 5.92. The van der Waals surface area contributed by atoms with Gasteiger partial charge in [0.1, 0.15) is 23.4 Å². The van der Waals surface area contributed by atoms with Crippen LogP contribution < -0.4 is 14.9 Å². The molecule has 3 aromatic heterocycles. The highest BCUT2D eigenvalue weighted by Gasteiger charge is 2.47. The Balaban J connectivity index is 1.67. The minimum atomic E-state index is -4.04. The van der Waals surface area contributed by atoms with Crippen LogP contribution in [0.3, 0.4) is 0 Å². The van der Waals surface area contributed by atoms with Gasteiger partial charge in [-0.05, 0) is 38.8 Å². The van der Waals surface area contributed by atoms with Gasteiger partial charge in [0.05, 0.1) is 16.5 Å². The number of piperazine rings is 1. The average Bonchev–Trinajstić information content (AvgIpc) is 3.18. The van der Waals surface area contributed by atoms with Gasteiger partial charge in [0.25, 0.3) is 6.43 Å². The number of pyridine rings is 1. The summed E-state index contributed by atoms with van der Waals surface area (Å²) in [6.45, 7) is 5.33. The number of nitrogens with zero attached hydrogens (tertiary/aromatic N) is 6. The van der Waals surface area contributed by atoms with Gasteiger partial charge in [0, 0.05) is 25.2 Å². The summed E-state index contributed by atoms with van der Waals surface area (Å²) in [6, 6.07) is 5.34. The maximum absolute atomic E-state index is 13.3. The molecule has 34 heavy (non-hydrogen) atoms. The number of hydrogen-bond donors (Lipinski definition) is 2. The van der Waals surface area contributed by atoms with Gasteiger partial charge in [-0.1, -0.05) is 11.3 Å². The summed E-state index contributed by atoms with van der Waals surface area (Å²) in [5.41, 5.74) is -0.423. The van der Waals surface area contributed by atoms with Crippen LogP contribution in [0.25, 0.3) is 16.2 Å². The molecule has 2 N–H and O–H groups in total. The first-order valence-corrected chi connectivity index (χ1v) is 13.0. The first-order chi connectivity index (χ1) is 16.1. The third kappa shape index (κ3) is 4.13. The highest BCUT2D eigenvalue weighted by molar-refractivity contribution is 7.89. The van der Waals surface area contributed by atoms with Gasteiger partial charge >= 0.3 is 0 Å². The van der Waals surface area contributed by atoms with Crippen molar-refractivity contribution in [3.8, 4) is 16.8 Å². The molecule has 1 aliphatic carbocycles. The molecule has 2 fully saturated rings. The molecule has 5 rings (SSSR count). The Bertz CT molecular complexity index is 1380. The van der Waals surface area contributed by atoms with E-state index in [-0.39, 0.29) is 27.7 Å². The van der Waals surface area contributed by atoms with Gasteiger partial charge in [-0.3, -0.25) is 4.40 Å². The number of imidazole rings is 1. The molecule has 0 amide bonds. The number of aromatic nitrogens is 4. The summed E-state index contributed by atoms with van der Waals surface area (Å²) in [4.78, 5) is 6.40. The molecular weight excluding hydrogens is 486 g/mol. The van der Waals surface area contributed by atoms with Gasteiger partial charge in [-0.15, -0.1) is 10.2 Å². The summed E-state index contributed by atoms with van der Waals surface area (Å²) in [5, 5.41) is 19.9. The number of sulfonamides is 1. The number of nitriles is 1. The summed E-state index contributed by atoms with van der Waals surface area (Å²) in [7, 11) is -4.04. The van der Waals surface area contributed by atoms with Crippen molar-refractivity contribution >= 4 is 32.7 Å². The predicted molar refractivity (Wildman–Crippen MR) is 121 cm³/mol. The van der Waals surface area contributed by atoms with Crippen LogP contribution in [0.15, 0.2) is 23.4 Å². The molecule has 1 saturated carbocycles. The van der Waals surface area contributed by atoms with Crippen LogP contribution in [0.5, 0.6) is 0 Å². The van der Waals surface area contributed by atoms with Crippen molar-refractivity contribution in [2.45, 2.75) is 55.6 Å². The van der Waals surface area contributed by atoms with Gasteiger partial charge in [0.15, 0.2) is 10.0 Å². The summed E-state index contributed by atoms with van der Waals surface area (Å²) in [6.07, 6.45) is -0.337. The molecule has 2 aliphatic rings. The fourth-order valence-corrected chi connectivity index (χ4v) is 6.34. The smallest absolute Gasteiger partial charge is 0.291 e. The number of fused-ring (bicyclic) bond motifs is 1. The minimum absolute atomic E-state index is 0.0317. The SMILES string of the molecule is C[C@H]1CN(c2cc(S(=O)(=O)NC3(C#N)CC3)cc3c(-c4nnc(C(F)F)s4)ncn23)C[C@H](C)N1. The fourth-order valence-electron chi connectivity index (χ4n) is 4.23. The molecule has 14 heteroatoms. The average molecular weight is 509 g/mol. The van der Waals surface area contributed by atoms with E-state index in [2.05, 4.69) is 30.1 Å². The molecule has 1 saturated heterocycles. The Labute approximate surface area is 198 Å². The number of nitrogens with one attached hydrogen (secondary N) is 2. The summed E-state index contributed by atoms with van der Waals surface area (Å²) in [5.74, 6) is 0.595. The summed E-state index contributed by atoms with van der Waals surface area (Å²) < 4.78 is 57.0. The normalized spacial score (nSPS) is 22.3. The molecule has 0 radical (unpaired) electrons. The molecule has 0 spiro atoms. The lowest BCUT2D eigenvalue weighted by atomic mass is 10.1. The minimum Gasteiger partial charge on any atom is -0.355 e.